The van der Waals surface area contributed by atoms with Gasteiger partial charge in [-0.3, -0.25) is 4.90 Å². The number of carbonyl (C=O) groups is 2. The summed E-state index contributed by atoms with van der Waals surface area (Å²) in [6, 6.07) is 7.39. The number of carbonyl (C=O) groups excluding carboxylic acids is 2. The van der Waals surface area contributed by atoms with Gasteiger partial charge in [-0.25, -0.2) is 18.4 Å². The molecular formula is C23H24F2N2O4. The van der Waals surface area contributed by atoms with Gasteiger partial charge in [-0.2, -0.15) is 0 Å². The fraction of sp³-hybridized carbons (Fsp3) is 0.304. The summed E-state index contributed by atoms with van der Waals surface area (Å²) in [5.41, 5.74) is 3.09. The van der Waals surface area contributed by atoms with Crippen molar-refractivity contribution in [2.75, 3.05) is 20.3 Å². The highest BCUT2D eigenvalue weighted by Gasteiger charge is 2.37. The summed E-state index contributed by atoms with van der Waals surface area (Å²) in [7, 11) is 1.48. The highest BCUT2D eigenvalue weighted by molar-refractivity contribution is 5.95. The molecule has 6 nitrogen and oxygen atoms in total. The summed E-state index contributed by atoms with van der Waals surface area (Å²) in [4.78, 5) is 26.8. The number of amides is 2. The average Bonchev–Trinajstić information content (AvgIpc) is 2.70. The average molecular weight is 430 g/mol. The van der Waals surface area contributed by atoms with Crippen LogP contribution in [0.5, 0.6) is 5.75 Å². The summed E-state index contributed by atoms with van der Waals surface area (Å²) in [6.07, 6.45) is 0. The number of halogens is 2. The van der Waals surface area contributed by atoms with Crippen LogP contribution < -0.4 is 10.1 Å². The van der Waals surface area contributed by atoms with Crippen LogP contribution in [0.4, 0.5) is 13.6 Å². The molecule has 0 fully saturated rings. The van der Waals surface area contributed by atoms with Crippen LogP contribution in [-0.4, -0.2) is 37.2 Å². The van der Waals surface area contributed by atoms with Gasteiger partial charge in [-0.05, 0) is 44.0 Å². The first-order valence-corrected chi connectivity index (χ1v) is 9.82. The van der Waals surface area contributed by atoms with Gasteiger partial charge >= 0.3 is 12.0 Å². The molecule has 0 spiro atoms. The Kier molecular flexibility index (Phi) is 6.58. The van der Waals surface area contributed by atoms with Gasteiger partial charge in [0.25, 0.3) is 0 Å². The monoisotopic (exact) mass is 430 g/mol. The molecule has 1 aliphatic heterocycles. The van der Waals surface area contributed by atoms with E-state index in [0.717, 1.165) is 28.8 Å². The second kappa shape index (κ2) is 9.16. The summed E-state index contributed by atoms with van der Waals surface area (Å²) < 4.78 is 38.0. The third-order valence-electron chi connectivity index (χ3n) is 5.07. The minimum Gasteiger partial charge on any atom is -0.484 e. The van der Waals surface area contributed by atoms with Gasteiger partial charge in [0.05, 0.1) is 23.9 Å². The maximum Gasteiger partial charge on any atom is 0.338 e. The number of rotatable bonds is 6. The zero-order valence-electron chi connectivity index (χ0n) is 17.8. The van der Waals surface area contributed by atoms with Gasteiger partial charge < -0.3 is 14.8 Å². The van der Waals surface area contributed by atoms with Gasteiger partial charge in [0.2, 0.25) is 0 Å². The number of aryl methyl sites for hydroxylation is 2. The number of likely N-dealkylation sites (N-methyl/N-ethyl adjacent to an activating group) is 1. The van der Waals surface area contributed by atoms with Crippen LogP contribution in [-0.2, 0) is 9.53 Å². The molecule has 164 valence electrons. The molecule has 1 aliphatic rings. The maximum atomic E-state index is 14.0. The van der Waals surface area contributed by atoms with Crippen molar-refractivity contribution in [2.45, 2.75) is 26.8 Å². The molecule has 0 bridgehead atoms. The molecule has 2 aromatic carbocycles. The summed E-state index contributed by atoms with van der Waals surface area (Å²) in [5, 5.41) is 2.83. The first-order valence-electron chi connectivity index (χ1n) is 9.82. The molecule has 0 unspecified atom stereocenters. The molecule has 8 heteroatoms. The topological polar surface area (TPSA) is 67.9 Å². The van der Waals surface area contributed by atoms with Gasteiger partial charge in [-0.1, -0.05) is 23.8 Å². The van der Waals surface area contributed by atoms with Crippen LogP contribution in [0.3, 0.4) is 0 Å². The predicted octanol–water partition coefficient (Wildman–Crippen LogP) is 4.17. The zero-order chi connectivity index (χ0) is 22.7. The zero-order valence-corrected chi connectivity index (χ0v) is 17.8. The highest BCUT2D eigenvalue weighted by Crippen LogP contribution is 2.33. The lowest BCUT2D eigenvalue weighted by Gasteiger charge is -2.35. The minimum atomic E-state index is -0.882. The second-order valence-corrected chi connectivity index (χ2v) is 7.25. The smallest absolute Gasteiger partial charge is 0.338 e. The van der Waals surface area contributed by atoms with Crippen molar-refractivity contribution in [1.82, 2.24) is 10.2 Å². The van der Waals surface area contributed by atoms with E-state index in [9.17, 15) is 18.4 Å². The van der Waals surface area contributed by atoms with Crippen LogP contribution in [0.15, 0.2) is 47.7 Å². The Hall–Kier alpha value is -3.42. The largest absolute Gasteiger partial charge is 0.484 e. The Balaban J connectivity index is 2.07. The molecule has 2 aromatic rings. The van der Waals surface area contributed by atoms with E-state index in [1.165, 1.54) is 11.9 Å². The maximum absolute atomic E-state index is 14.0. The van der Waals surface area contributed by atoms with E-state index in [1.54, 1.807) is 6.92 Å². The number of hydrogen-bond donors (Lipinski definition) is 1. The molecule has 0 saturated carbocycles. The minimum absolute atomic E-state index is 0.139. The number of nitrogens with one attached hydrogen (secondary N) is 1. The van der Waals surface area contributed by atoms with Crippen LogP contribution in [0.1, 0.15) is 29.7 Å². The van der Waals surface area contributed by atoms with Crippen molar-refractivity contribution < 1.29 is 27.8 Å². The van der Waals surface area contributed by atoms with Crippen molar-refractivity contribution in [1.29, 1.82) is 0 Å². The number of esters is 1. The summed E-state index contributed by atoms with van der Waals surface area (Å²) in [5.74, 6) is -2.43. The predicted molar refractivity (Wildman–Crippen MR) is 110 cm³/mol. The lowest BCUT2D eigenvalue weighted by atomic mass is 9.91. The molecule has 31 heavy (non-hydrogen) atoms. The van der Waals surface area contributed by atoms with Gasteiger partial charge in [-0.15, -0.1) is 0 Å². The summed E-state index contributed by atoms with van der Waals surface area (Å²) >= 11 is 0. The normalized spacial score (nSPS) is 16.3. The van der Waals surface area contributed by atoms with Crippen LogP contribution in [0, 0.1) is 25.5 Å². The van der Waals surface area contributed by atoms with Crippen LogP contribution in [0.25, 0.3) is 0 Å². The Morgan fingerprint density at radius 1 is 1.16 bits per heavy atom. The molecular weight excluding hydrogens is 406 g/mol. The molecule has 3 rings (SSSR count). The van der Waals surface area contributed by atoms with Gasteiger partial charge in [0, 0.05) is 13.1 Å². The highest BCUT2D eigenvalue weighted by atomic mass is 19.1. The van der Waals surface area contributed by atoms with E-state index in [-0.39, 0.29) is 30.2 Å². The molecule has 1 atom stereocenters. The Morgan fingerprint density at radius 2 is 1.90 bits per heavy atom. The van der Waals surface area contributed by atoms with E-state index in [0.29, 0.717) is 6.07 Å². The SMILES string of the molecule is CCOC(=O)C1=C(COc2ccc(F)cc2F)N(C)C(=O)N[C@H]1c1ccc(C)cc1C. The molecule has 0 saturated heterocycles. The number of urea groups is 1. The molecule has 0 radical (unpaired) electrons. The number of nitrogens with zero attached hydrogens (tertiary/aromatic N) is 1. The number of hydrogen-bond acceptors (Lipinski definition) is 4. The van der Waals surface area contributed by atoms with E-state index >= 15 is 0 Å². The number of ether oxygens (including phenoxy) is 2. The third kappa shape index (κ3) is 4.68. The Labute approximate surface area is 179 Å². The molecule has 1 N–H and O–H groups in total. The van der Waals surface area contributed by atoms with Crippen LogP contribution in [0.2, 0.25) is 0 Å². The lowest BCUT2D eigenvalue weighted by molar-refractivity contribution is -0.139. The first-order chi connectivity index (χ1) is 14.7. The number of benzene rings is 2. The van der Waals surface area contributed by atoms with E-state index in [2.05, 4.69) is 5.32 Å². The van der Waals surface area contributed by atoms with Gasteiger partial charge in [0.15, 0.2) is 11.6 Å². The van der Waals surface area contributed by atoms with Crippen molar-refractivity contribution >= 4 is 12.0 Å². The standard InChI is InChI=1S/C23H24F2N2O4/c1-5-30-22(28)20-18(12-31-19-9-7-15(24)11-17(19)25)27(4)23(29)26-21(20)16-8-6-13(2)10-14(16)3/h6-11,21H,5,12H2,1-4H3,(H,26,29)/t21-/m0/s1. The van der Waals surface area contributed by atoms with Gasteiger partial charge in [0.1, 0.15) is 12.4 Å². The van der Waals surface area contributed by atoms with Crippen molar-refractivity contribution in [3.05, 3.63) is 76.0 Å². The third-order valence-corrected chi connectivity index (χ3v) is 5.07. The lowest BCUT2D eigenvalue weighted by Crippen LogP contribution is -2.48. The quantitative estimate of drug-likeness (QED) is 0.699. The van der Waals surface area contributed by atoms with Crippen molar-refractivity contribution in [2.24, 2.45) is 0 Å². The first kappa shape index (κ1) is 22.3. The van der Waals surface area contributed by atoms with E-state index in [4.69, 9.17) is 9.47 Å². The molecule has 0 aliphatic carbocycles. The fourth-order valence-corrected chi connectivity index (χ4v) is 3.50. The Bertz CT molecular complexity index is 1050. The Morgan fingerprint density at radius 3 is 2.55 bits per heavy atom. The summed E-state index contributed by atoms with van der Waals surface area (Å²) in [6.45, 7) is 5.37. The van der Waals surface area contributed by atoms with E-state index in [1.807, 2.05) is 32.0 Å². The fourth-order valence-electron chi connectivity index (χ4n) is 3.50. The van der Waals surface area contributed by atoms with E-state index < -0.39 is 29.7 Å². The molecule has 2 amide bonds. The molecule has 1 heterocycles. The second-order valence-electron chi connectivity index (χ2n) is 7.25. The molecule has 0 aromatic heterocycles. The van der Waals surface area contributed by atoms with Crippen LogP contribution >= 0.6 is 0 Å². The van der Waals surface area contributed by atoms with Crippen molar-refractivity contribution in [3.63, 3.8) is 0 Å². The van der Waals surface area contributed by atoms with Crippen molar-refractivity contribution in [3.8, 4) is 5.75 Å².